The summed E-state index contributed by atoms with van der Waals surface area (Å²) in [4.78, 5) is 16.1. The topological polar surface area (TPSA) is 80.0 Å². The van der Waals surface area contributed by atoms with Crippen LogP contribution in [-0.2, 0) is 11.2 Å². The van der Waals surface area contributed by atoms with E-state index >= 15 is 0 Å². The number of hydrogen-bond acceptors (Lipinski definition) is 5. The molecule has 126 valence electrons. The largest absolute Gasteiger partial charge is 0.355 e. The monoisotopic (exact) mass is 358 g/mol. The first kappa shape index (κ1) is 19.4. The number of nitrogens with one attached hydrogen (secondary N) is 2. The Hall–Kier alpha value is -1.63. The van der Waals surface area contributed by atoms with Gasteiger partial charge in [-0.15, -0.1) is 12.4 Å². The van der Waals surface area contributed by atoms with Crippen LogP contribution in [-0.4, -0.2) is 36.2 Å². The van der Waals surface area contributed by atoms with Crippen molar-refractivity contribution in [3.05, 3.63) is 35.2 Å². The Kier molecular flexibility index (Phi) is 8.02. The maximum atomic E-state index is 11.8. The van der Waals surface area contributed by atoms with Crippen LogP contribution in [0.25, 0.3) is 11.4 Å². The van der Waals surface area contributed by atoms with Gasteiger partial charge in [-0.25, -0.2) is 0 Å². The zero-order valence-electron chi connectivity index (χ0n) is 13.0. The van der Waals surface area contributed by atoms with Gasteiger partial charge in [0.1, 0.15) is 0 Å². The second-order valence-electron chi connectivity index (χ2n) is 5.02. The van der Waals surface area contributed by atoms with Gasteiger partial charge < -0.3 is 15.2 Å². The van der Waals surface area contributed by atoms with Crippen molar-refractivity contribution in [2.75, 3.05) is 20.1 Å². The van der Waals surface area contributed by atoms with Crippen LogP contribution in [0.1, 0.15) is 12.8 Å². The van der Waals surface area contributed by atoms with Crippen molar-refractivity contribution in [1.82, 2.24) is 20.8 Å². The first-order valence-corrected chi connectivity index (χ1v) is 7.48. The summed E-state index contributed by atoms with van der Waals surface area (Å²) in [7, 11) is 1.82. The molecule has 1 atom stereocenters. The Bertz CT molecular complexity index is 633. The molecule has 1 aromatic carbocycles. The molecule has 6 nitrogen and oxygen atoms in total. The lowest BCUT2D eigenvalue weighted by molar-refractivity contribution is -0.124. The van der Waals surface area contributed by atoms with Crippen molar-refractivity contribution >= 4 is 29.9 Å². The number of benzene rings is 1. The van der Waals surface area contributed by atoms with E-state index in [-0.39, 0.29) is 24.2 Å². The van der Waals surface area contributed by atoms with Crippen LogP contribution in [0, 0.1) is 5.92 Å². The van der Waals surface area contributed by atoms with Crippen LogP contribution < -0.4 is 10.6 Å². The minimum absolute atomic E-state index is 0. The molecule has 0 aliphatic heterocycles. The van der Waals surface area contributed by atoms with Crippen molar-refractivity contribution in [1.29, 1.82) is 0 Å². The molecule has 2 N–H and O–H groups in total. The number of rotatable bonds is 7. The van der Waals surface area contributed by atoms with Gasteiger partial charge in [-0.2, -0.15) is 4.98 Å². The molecule has 0 aliphatic carbocycles. The standard InChI is InChI=1S/C15H19ClN4O2.ClH/c1-10(9-17-2)15(21)18-7-6-13-19-14(20-22-13)11-4-3-5-12(16)8-11;/h3-5,8,10,17H,6-7,9H2,1-2H3,(H,18,21);1H. The molecule has 8 heteroatoms. The number of hydrogen-bond donors (Lipinski definition) is 2. The highest BCUT2D eigenvalue weighted by molar-refractivity contribution is 6.30. The maximum Gasteiger partial charge on any atom is 0.228 e. The van der Waals surface area contributed by atoms with E-state index in [1.54, 1.807) is 12.1 Å². The van der Waals surface area contributed by atoms with E-state index in [0.717, 1.165) is 5.56 Å². The predicted octanol–water partition coefficient (Wildman–Crippen LogP) is 2.33. The van der Waals surface area contributed by atoms with E-state index in [2.05, 4.69) is 20.8 Å². The second kappa shape index (κ2) is 9.50. The maximum absolute atomic E-state index is 11.8. The van der Waals surface area contributed by atoms with E-state index in [1.807, 2.05) is 26.1 Å². The molecule has 0 spiro atoms. The summed E-state index contributed by atoms with van der Waals surface area (Å²) in [6, 6.07) is 7.25. The summed E-state index contributed by atoms with van der Waals surface area (Å²) in [6.07, 6.45) is 0.492. The number of carbonyl (C=O) groups excluding carboxylic acids is 1. The second-order valence-corrected chi connectivity index (χ2v) is 5.46. The Balaban J connectivity index is 0.00000264. The molecule has 0 saturated carbocycles. The molecular formula is C15H20Cl2N4O2. The number of halogens is 2. The van der Waals surface area contributed by atoms with E-state index in [0.29, 0.717) is 36.2 Å². The summed E-state index contributed by atoms with van der Waals surface area (Å²) in [5, 5.41) is 10.4. The third-order valence-electron chi connectivity index (χ3n) is 3.15. The third kappa shape index (κ3) is 5.82. The number of aromatic nitrogens is 2. The van der Waals surface area contributed by atoms with Crippen LogP contribution in [0.3, 0.4) is 0 Å². The Morgan fingerprint density at radius 1 is 1.43 bits per heavy atom. The van der Waals surface area contributed by atoms with Crippen molar-refractivity contribution in [2.45, 2.75) is 13.3 Å². The van der Waals surface area contributed by atoms with Crippen molar-refractivity contribution in [3.63, 3.8) is 0 Å². The summed E-state index contributed by atoms with van der Waals surface area (Å²) in [5.41, 5.74) is 0.800. The van der Waals surface area contributed by atoms with Gasteiger partial charge in [0.05, 0.1) is 0 Å². The van der Waals surface area contributed by atoms with Crippen molar-refractivity contribution < 1.29 is 9.32 Å². The molecule has 1 heterocycles. The molecule has 2 aromatic rings. The quantitative estimate of drug-likeness (QED) is 0.793. The van der Waals surface area contributed by atoms with Gasteiger partial charge in [0.15, 0.2) is 0 Å². The lowest BCUT2D eigenvalue weighted by Crippen LogP contribution is -2.35. The molecule has 1 amide bonds. The lowest BCUT2D eigenvalue weighted by Gasteiger charge is -2.10. The Morgan fingerprint density at radius 3 is 2.91 bits per heavy atom. The average molecular weight is 359 g/mol. The lowest BCUT2D eigenvalue weighted by atomic mass is 10.1. The molecule has 1 aromatic heterocycles. The summed E-state index contributed by atoms with van der Waals surface area (Å²) >= 11 is 5.94. The first-order valence-electron chi connectivity index (χ1n) is 7.11. The fraction of sp³-hybridized carbons (Fsp3) is 0.400. The zero-order valence-corrected chi connectivity index (χ0v) is 14.6. The Labute approximate surface area is 146 Å². The van der Waals surface area contributed by atoms with Gasteiger partial charge in [-0.05, 0) is 19.2 Å². The number of carbonyl (C=O) groups is 1. The SMILES string of the molecule is CNCC(C)C(=O)NCCc1nc(-c2cccc(Cl)c2)no1.Cl. The fourth-order valence-corrected chi connectivity index (χ4v) is 2.16. The summed E-state index contributed by atoms with van der Waals surface area (Å²) < 4.78 is 5.18. The van der Waals surface area contributed by atoms with Crippen LogP contribution in [0.2, 0.25) is 5.02 Å². The fourth-order valence-electron chi connectivity index (χ4n) is 1.97. The highest BCUT2D eigenvalue weighted by Gasteiger charge is 2.12. The Morgan fingerprint density at radius 2 is 2.22 bits per heavy atom. The predicted molar refractivity (Wildman–Crippen MR) is 91.8 cm³/mol. The van der Waals surface area contributed by atoms with E-state index in [9.17, 15) is 4.79 Å². The molecule has 0 radical (unpaired) electrons. The molecular weight excluding hydrogens is 339 g/mol. The van der Waals surface area contributed by atoms with E-state index in [1.165, 1.54) is 0 Å². The minimum atomic E-state index is -0.0743. The third-order valence-corrected chi connectivity index (χ3v) is 3.38. The minimum Gasteiger partial charge on any atom is -0.355 e. The van der Waals surface area contributed by atoms with Crippen LogP contribution in [0.15, 0.2) is 28.8 Å². The van der Waals surface area contributed by atoms with Gasteiger partial charge in [0.2, 0.25) is 17.6 Å². The van der Waals surface area contributed by atoms with Crippen LogP contribution >= 0.6 is 24.0 Å². The van der Waals surface area contributed by atoms with Gasteiger partial charge in [0, 0.05) is 36.0 Å². The molecule has 0 saturated heterocycles. The molecule has 0 fully saturated rings. The highest BCUT2D eigenvalue weighted by Crippen LogP contribution is 2.19. The zero-order chi connectivity index (χ0) is 15.9. The summed E-state index contributed by atoms with van der Waals surface area (Å²) in [6.45, 7) is 2.98. The first-order chi connectivity index (χ1) is 10.6. The number of amides is 1. The smallest absolute Gasteiger partial charge is 0.228 e. The van der Waals surface area contributed by atoms with Crippen LogP contribution in [0.5, 0.6) is 0 Å². The van der Waals surface area contributed by atoms with Crippen molar-refractivity contribution in [2.24, 2.45) is 5.92 Å². The molecule has 2 rings (SSSR count). The number of nitrogens with zero attached hydrogens (tertiary/aromatic N) is 2. The highest BCUT2D eigenvalue weighted by atomic mass is 35.5. The van der Waals surface area contributed by atoms with Gasteiger partial charge in [-0.1, -0.05) is 35.8 Å². The van der Waals surface area contributed by atoms with Gasteiger partial charge >= 0.3 is 0 Å². The normalized spacial score (nSPS) is 11.6. The molecule has 23 heavy (non-hydrogen) atoms. The molecule has 1 unspecified atom stereocenters. The molecule has 0 aliphatic rings. The van der Waals surface area contributed by atoms with Crippen LogP contribution in [0.4, 0.5) is 0 Å². The van der Waals surface area contributed by atoms with Gasteiger partial charge in [-0.3, -0.25) is 4.79 Å². The summed E-state index contributed by atoms with van der Waals surface area (Å²) in [5.74, 6) is 0.905. The van der Waals surface area contributed by atoms with Gasteiger partial charge in [0.25, 0.3) is 0 Å². The average Bonchev–Trinajstić information content (AvgIpc) is 2.96. The van der Waals surface area contributed by atoms with E-state index in [4.69, 9.17) is 16.1 Å². The van der Waals surface area contributed by atoms with E-state index < -0.39 is 0 Å². The van der Waals surface area contributed by atoms with Crippen molar-refractivity contribution in [3.8, 4) is 11.4 Å². The molecule has 0 bridgehead atoms.